The van der Waals surface area contributed by atoms with Gasteiger partial charge < -0.3 is 9.47 Å². The Balaban J connectivity index is 1.31. The zero-order valence-electron chi connectivity index (χ0n) is 25.8. The zero-order chi connectivity index (χ0) is 27.7. The van der Waals surface area contributed by atoms with E-state index in [0.717, 1.165) is 56.3 Å². The summed E-state index contributed by atoms with van der Waals surface area (Å²) in [6, 6.07) is 0. The minimum atomic E-state index is -0.504. The number of carbonyl (C=O) groups is 2. The molecule has 0 spiro atoms. The molecule has 37 heavy (non-hydrogen) atoms. The van der Waals surface area contributed by atoms with Crippen LogP contribution < -0.4 is 0 Å². The van der Waals surface area contributed by atoms with Crippen molar-refractivity contribution < 1.29 is 19.1 Å². The third kappa shape index (κ3) is 7.33. The summed E-state index contributed by atoms with van der Waals surface area (Å²) in [5.41, 5.74) is -0.734. The Hall–Kier alpha value is -1.06. The predicted octanol–water partition coefficient (Wildman–Crippen LogP) is 8.90. The topological polar surface area (TPSA) is 52.6 Å². The maximum Gasteiger partial charge on any atom is 0.312 e. The second kappa shape index (κ2) is 11.2. The first-order valence-electron chi connectivity index (χ1n) is 15.4. The van der Waals surface area contributed by atoms with Crippen LogP contribution in [0.1, 0.15) is 146 Å². The molecule has 4 aliphatic carbocycles. The third-order valence-electron chi connectivity index (χ3n) is 10.4. The molecule has 0 amide bonds. The van der Waals surface area contributed by atoms with Crippen LogP contribution in [0.15, 0.2) is 0 Å². The van der Waals surface area contributed by atoms with E-state index in [9.17, 15) is 9.59 Å². The molecule has 4 saturated carbocycles. The summed E-state index contributed by atoms with van der Waals surface area (Å²) in [5, 5.41) is 0. The first kappa shape index (κ1) is 30.5. The lowest BCUT2D eigenvalue weighted by Crippen LogP contribution is -2.57. The van der Waals surface area contributed by atoms with Crippen LogP contribution in [0.4, 0.5) is 0 Å². The molecule has 4 bridgehead atoms. The molecule has 1 atom stereocenters. The SMILES string of the molecule is CC(C)(C)CC(C)(C(=O)OCCCCCCCC(=O)OC(C)(C)C12CC3CC(CC(C3)C1)C2)C(C)(C)C. The smallest absolute Gasteiger partial charge is 0.312 e. The summed E-state index contributed by atoms with van der Waals surface area (Å²) < 4.78 is 12.0. The number of hydrogen-bond donors (Lipinski definition) is 0. The van der Waals surface area contributed by atoms with E-state index in [-0.39, 0.29) is 33.8 Å². The average molecular weight is 519 g/mol. The Morgan fingerprint density at radius 1 is 0.730 bits per heavy atom. The molecule has 0 aromatic carbocycles. The fourth-order valence-corrected chi connectivity index (χ4v) is 8.22. The van der Waals surface area contributed by atoms with Gasteiger partial charge in [0.1, 0.15) is 5.60 Å². The number of carbonyl (C=O) groups excluding carboxylic acids is 2. The van der Waals surface area contributed by atoms with Crippen LogP contribution in [0, 0.1) is 39.4 Å². The van der Waals surface area contributed by atoms with Crippen LogP contribution in [0.25, 0.3) is 0 Å². The lowest BCUT2D eigenvalue weighted by molar-refractivity contribution is -0.198. The van der Waals surface area contributed by atoms with Gasteiger partial charge >= 0.3 is 11.9 Å². The fraction of sp³-hybridized carbons (Fsp3) is 0.939. The van der Waals surface area contributed by atoms with Gasteiger partial charge in [-0.2, -0.15) is 0 Å². The zero-order valence-corrected chi connectivity index (χ0v) is 25.8. The van der Waals surface area contributed by atoms with E-state index in [1.807, 2.05) is 0 Å². The highest BCUT2D eigenvalue weighted by Crippen LogP contribution is 2.64. The molecule has 0 aromatic heterocycles. The second-order valence-corrected chi connectivity index (χ2v) is 16.2. The Labute approximate surface area is 228 Å². The lowest BCUT2D eigenvalue weighted by Gasteiger charge is -2.61. The summed E-state index contributed by atoms with van der Waals surface area (Å²) >= 11 is 0. The molecule has 0 aromatic rings. The van der Waals surface area contributed by atoms with E-state index in [1.54, 1.807) is 0 Å². The standard InChI is InChI=1S/C33H58O4/c1-29(2,3)23-32(9,30(4,5)6)28(35)36-16-14-12-10-11-13-15-27(34)37-31(7,8)33-20-24-17-25(21-33)19-26(18-24)22-33/h24-26H,10-23H2,1-9H3. The van der Waals surface area contributed by atoms with E-state index in [4.69, 9.17) is 9.47 Å². The van der Waals surface area contributed by atoms with Crippen molar-refractivity contribution in [3.05, 3.63) is 0 Å². The first-order chi connectivity index (χ1) is 17.0. The first-order valence-corrected chi connectivity index (χ1v) is 15.4. The average Bonchev–Trinajstić information content (AvgIpc) is 2.72. The van der Waals surface area contributed by atoms with Gasteiger partial charge in [0, 0.05) is 11.8 Å². The number of esters is 2. The number of unbranched alkanes of at least 4 members (excludes halogenated alkanes) is 4. The van der Waals surface area contributed by atoms with Gasteiger partial charge in [0.05, 0.1) is 12.0 Å². The second-order valence-electron chi connectivity index (χ2n) is 16.2. The molecule has 0 heterocycles. The molecule has 1 unspecified atom stereocenters. The Morgan fingerprint density at radius 2 is 1.22 bits per heavy atom. The molecule has 0 radical (unpaired) electrons. The minimum absolute atomic E-state index is 0.0185. The van der Waals surface area contributed by atoms with Crippen molar-refractivity contribution >= 4 is 11.9 Å². The fourth-order valence-electron chi connectivity index (χ4n) is 8.22. The molecule has 4 rings (SSSR count). The van der Waals surface area contributed by atoms with Crippen LogP contribution >= 0.6 is 0 Å². The van der Waals surface area contributed by atoms with Crippen LogP contribution in [0.5, 0.6) is 0 Å². The molecule has 4 nitrogen and oxygen atoms in total. The highest BCUT2D eigenvalue weighted by molar-refractivity contribution is 5.77. The van der Waals surface area contributed by atoms with E-state index >= 15 is 0 Å². The van der Waals surface area contributed by atoms with Crippen molar-refractivity contribution in [3.63, 3.8) is 0 Å². The van der Waals surface area contributed by atoms with Crippen LogP contribution in [0.2, 0.25) is 0 Å². The number of ether oxygens (including phenoxy) is 2. The van der Waals surface area contributed by atoms with Crippen molar-refractivity contribution in [3.8, 4) is 0 Å². The predicted molar refractivity (Wildman–Crippen MR) is 151 cm³/mol. The largest absolute Gasteiger partial charge is 0.465 e. The van der Waals surface area contributed by atoms with E-state index in [0.29, 0.717) is 13.0 Å². The molecular formula is C33H58O4. The molecule has 4 aliphatic rings. The number of hydrogen-bond acceptors (Lipinski definition) is 4. The van der Waals surface area contributed by atoms with Crippen LogP contribution in [-0.2, 0) is 19.1 Å². The lowest BCUT2D eigenvalue weighted by atomic mass is 9.46. The summed E-state index contributed by atoms with van der Waals surface area (Å²) in [6.45, 7) is 19.9. The Kier molecular flexibility index (Phi) is 9.23. The van der Waals surface area contributed by atoms with E-state index in [1.165, 1.54) is 38.5 Å². The van der Waals surface area contributed by atoms with E-state index < -0.39 is 5.41 Å². The van der Waals surface area contributed by atoms with Gasteiger partial charge in [0.2, 0.25) is 0 Å². The van der Waals surface area contributed by atoms with Gasteiger partial charge in [-0.3, -0.25) is 9.59 Å². The van der Waals surface area contributed by atoms with E-state index in [2.05, 4.69) is 62.3 Å². The van der Waals surface area contributed by atoms with Crippen molar-refractivity contribution in [2.45, 2.75) is 151 Å². The molecule has 0 aliphatic heterocycles. The van der Waals surface area contributed by atoms with Crippen LogP contribution in [0.3, 0.4) is 0 Å². The molecular weight excluding hydrogens is 460 g/mol. The van der Waals surface area contributed by atoms with Gasteiger partial charge in [-0.1, -0.05) is 60.8 Å². The van der Waals surface area contributed by atoms with Crippen molar-refractivity contribution in [2.75, 3.05) is 6.61 Å². The normalized spacial score (nSPS) is 29.2. The van der Waals surface area contributed by atoms with Gasteiger partial charge in [0.15, 0.2) is 0 Å². The highest BCUT2D eigenvalue weighted by Gasteiger charge is 2.58. The van der Waals surface area contributed by atoms with Crippen LogP contribution in [-0.4, -0.2) is 24.1 Å². The maximum absolute atomic E-state index is 13.0. The van der Waals surface area contributed by atoms with Gasteiger partial charge in [-0.15, -0.1) is 0 Å². The van der Waals surface area contributed by atoms with Gasteiger partial charge in [0.25, 0.3) is 0 Å². The van der Waals surface area contributed by atoms with Gasteiger partial charge in [-0.05, 0) is 107 Å². The minimum Gasteiger partial charge on any atom is -0.465 e. The summed E-state index contributed by atoms with van der Waals surface area (Å²) in [5.74, 6) is 2.51. The summed E-state index contributed by atoms with van der Waals surface area (Å²) in [6.07, 6.45) is 14.2. The maximum atomic E-state index is 13.0. The number of rotatable bonds is 12. The van der Waals surface area contributed by atoms with Crippen molar-refractivity contribution in [1.29, 1.82) is 0 Å². The van der Waals surface area contributed by atoms with Crippen molar-refractivity contribution in [1.82, 2.24) is 0 Å². The molecule has 4 heteroatoms. The third-order valence-corrected chi connectivity index (χ3v) is 10.4. The highest BCUT2D eigenvalue weighted by atomic mass is 16.6. The molecule has 0 N–H and O–H groups in total. The summed E-state index contributed by atoms with van der Waals surface area (Å²) in [7, 11) is 0. The molecule has 4 fully saturated rings. The molecule has 214 valence electrons. The van der Waals surface area contributed by atoms with Crippen molar-refractivity contribution in [2.24, 2.45) is 39.4 Å². The van der Waals surface area contributed by atoms with Gasteiger partial charge in [-0.25, -0.2) is 0 Å². The Bertz CT molecular complexity index is 761. The monoisotopic (exact) mass is 518 g/mol. The quantitative estimate of drug-likeness (QED) is 0.191. The molecule has 0 saturated heterocycles. The summed E-state index contributed by atoms with van der Waals surface area (Å²) in [4.78, 5) is 25.8. The Morgan fingerprint density at radius 3 is 1.70 bits per heavy atom.